The molecule has 1 aliphatic rings. The fraction of sp³-hybridized carbons (Fsp3) is 0.444. The lowest BCUT2D eigenvalue weighted by Crippen LogP contribution is -2.09. The van der Waals surface area contributed by atoms with Crippen LogP contribution in [0, 0.1) is 0 Å². The zero-order valence-electron chi connectivity index (χ0n) is 7.73. The first kappa shape index (κ1) is 9.40. The largest absolute Gasteiger partial charge is 0.278 e. The maximum absolute atomic E-state index is 5.71. The monoisotopic (exact) mass is 210 g/mol. The van der Waals surface area contributed by atoms with Crippen molar-refractivity contribution in [1.29, 1.82) is 0 Å². The Morgan fingerprint density at radius 2 is 2.14 bits per heavy atom. The molecule has 14 heavy (non-hydrogen) atoms. The Balaban J connectivity index is 2.02. The summed E-state index contributed by atoms with van der Waals surface area (Å²) in [6, 6.07) is 3.48. The summed E-state index contributed by atoms with van der Waals surface area (Å²) in [5.41, 5.74) is 0.747. The van der Waals surface area contributed by atoms with E-state index >= 15 is 0 Å². The molecule has 1 aliphatic heterocycles. The van der Waals surface area contributed by atoms with Gasteiger partial charge < -0.3 is 0 Å². The second kappa shape index (κ2) is 4.37. The standard InChI is InChI=1S/C9H11ClN4/c10-9-7-8(3-4-11-9)12-13-14-5-1-2-6-14/h3-4,7H,1-2,5-6H2. The zero-order valence-corrected chi connectivity index (χ0v) is 8.48. The van der Waals surface area contributed by atoms with Crippen molar-refractivity contribution in [3.05, 3.63) is 23.5 Å². The van der Waals surface area contributed by atoms with Crippen molar-refractivity contribution in [2.75, 3.05) is 13.1 Å². The Morgan fingerprint density at radius 3 is 2.86 bits per heavy atom. The number of halogens is 1. The first-order valence-electron chi connectivity index (χ1n) is 4.63. The van der Waals surface area contributed by atoms with Crippen LogP contribution < -0.4 is 0 Å². The topological polar surface area (TPSA) is 40.9 Å². The zero-order chi connectivity index (χ0) is 9.80. The molecule has 0 N–H and O–H groups in total. The number of pyridine rings is 1. The second-order valence-corrected chi connectivity index (χ2v) is 3.57. The molecule has 0 aromatic carbocycles. The molecule has 1 aromatic heterocycles. The van der Waals surface area contributed by atoms with E-state index < -0.39 is 0 Å². The SMILES string of the molecule is Clc1cc(N=NN2CCCC2)ccn1. The number of rotatable bonds is 2. The van der Waals surface area contributed by atoms with Gasteiger partial charge in [-0.15, -0.1) is 5.11 Å². The Hall–Kier alpha value is -1.16. The van der Waals surface area contributed by atoms with Crippen LogP contribution in [-0.4, -0.2) is 23.1 Å². The summed E-state index contributed by atoms with van der Waals surface area (Å²) in [6.45, 7) is 2.00. The normalized spacial score (nSPS) is 16.8. The average Bonchev–Trinajstić information content (AvgIpc) is 2.67. The van der Waals surface area contributed by atoms with Crippen molar-refractivity contribution in [1.82, 2.24) is 9.99 Å². The van der Waals surface area contributed by atoms with Crippen molar-refractivity contribution < 1.29 is 0 Å². The lowest BCUT2D eigenvalue weighted by atomic mass is 10.4. The highest BCUT2D eigenvalue weighted by Gasteiger charge is 2.08. The lowest BCUT2D eigenvalue weighted by Gasteiger charge is -2.06. The van der Waals surface area contributed by atoms with Gasteiger partial charge in [0.1, 0.15) is 5.15 Å². The molecule has 2 heterocycles. The Kier molecular flexibility index (Phi) is 2.93. The van der Waals surface area contributed by atoms with Crippen LogP contribution in [0.1, 0.15) is 12.8 Å². The fourth-order valence-electron chi connectivity index (χ4n) is 1.36. The van der Waals surface area contributed by atoms with Gasteiger partial charge in [0.15, 0.2) is 0 Å². The third-order valence-corrected chi connectivity index (χ3v) is 2.29. The van der Waals surface area contributed by atoms with Crippen LogP contribution in [0.5, 0.6) is 0 Å². The molecule has 0 atom stereocenters. The number of hydrogen-bond acceptors (Lipinski definition) is 3. The quantitative estimate of drug-likeness (QED) is 0.556. The van der Waals surface area contributed by atoms with Crippen molar-refractivity contribution in [2.45, 2.75) is 12.8 Å². The fourth-order valence-corrected chi connectivity index (χ4v) is 1.53. The number of aromatic nitrogens is 1. The third kappa shape index (κ3) is 2.42. The minimum atomic E-state index is 0.447. The van der Waals surface area contributed by atoms with Crippen molar-refractivity contribution in [2.24, 2.45) is 10.3 Å². The van der Waals surface area contributed by atoms with E-state index in [2.05, 4.69) is 15.3 Å². The molecule has 1 saturated heterocycles. The van der Waals surface area contributed by atoms with Gasteiger partial charge in [-0.2, -0.15) is 0 Å². The highest BCUT2D eigenvalue weighted by Crippen LogP contribution is 2.17. The Bertz CT molecular complexity index is 333. The highest BCUT2D eigenvalue weighted by atomic mass is 35.5. The Morgan fingerprint density at radius 1 is 1.36 bits per heavy atom. The summed E-state index contributed by atoms with van der Waals surface area (Å²) < 4.78 is 0. The van der Waals surface area contributed by atoms with Gasteiger partial charge in [-0.05, 0) is 18.9 Å². The van der Waals surface area contributed by atoms with Gasteiger partial charge >= 0.3 is 0 Å². The van der Waals surface area contributed by atoms with E-state index in [1.54, 1.807) is 18.3 Å². The summed E-state index contributed by atoms with van der Waals surface area (Å²) >= 11 is 5.71. The van der Waals surface area contributed by atoms with E-state index in [1.807, 2.05) is 5.01 Å². The van der Waals surface area contributed by atoms with E-state index in [0.29, 0.717) is 5.15 Å². The minimum Gasteiger partial charge on any atom is -0.278 e. The summed E-state index contributed by atoms with van der Waals surface area (Å²) in [7, 11) is 0. The average molecular weight is 211 g/mol. The maximum atomic E-state index is 5.71. The maximum Gasteiger partial charge on any atom is 0.131 e. The van der Waals surface area contributed by atoms with Crippen molar-refractivity contribution >= 4 is 17.3 Å². The van der Waals surface area contributed by atoms with Crippen LogP contribution in [-0.2, 0) is 0 Å². The van der Waals surface area contributed by atoms with Crippen LogP contribution in [0.25, 0.3) is 0 Å². The molecule has 0 spiro atoms. The molecule has 0 bridgehead atoms. The predicted octanol–water partition coefficient (Wildman–Crippen LogP) is 2.83. The van der Waals surface area contributed by atoms with Crippen LogP contribution >= 0.6 is 11.6 Å². The summed E-state index contributed by atoms with van der Waals surface area (Å²) in [4.78, 5) is 3.87. The van der Waals surface area contributed by atoms with Gasteiger partial charge in [0, 0.05) is 25.4 Å². The molecule has 0 amide bonds. The van der Waals surface area contributed by atoms with E-state index in [-0.39, 0.29) is 0 Å². The smallest absolute Gasteiger partial charge is 0.131 e. The first-order valence-corrected chi connectivity index (χ1v) is 5.00. The summed E-state index contributed by atoms with van der Waals surface area (Å²) in [5.74, 6) is 0. The molecule has 1 aromatic rings. The minimum absolute atomic E-state index is 0.447. The molecule has 4 nitrogen and oxygen atoms in total. The van der Waals surface area contributed by atoms with Gasteiger partial charge in [-0.3, -0.25) is 5.01 Å². The van der Waals surface area contributed by atoms with Crippen LogP contribution in [0.2, 0.25) is 5.15 Å². The first-order chi connectivity index (χ1) is 6.84. The molecular weight excluding hydrogens is 200 g/mol. The molecule has 2 rings (SSSR count). The van der Waals surface area contributed by atoms with Gasteiger partial charge in [-0.1, -0.05) is 16.8 Å². The molecular formula is C9H11ClN4. The van der Waals surface area contributed by atoms with E-state index in [1.165, 1.54) is 12.8 Å². The molecule has 0 aliphatic carbocycles. The van der Waals surface area contributed by atoms with Gasteiger partial charge in [0.05, 0.1) is 5.69 Å². The summed E-state index contributed by atoms with van der Waals surface area (Å²) in [5, 5.41) is 10.6. The van der Waals surface area contributed by atoms with Gasteiger partial charge in [0.2, 0.25) is 0 Å². The predicted molar refractivity (Wildman–Crippen MR) is 54.6 cm³/mol. The van der Waals surface area contributed by atoms with Crippen molar-refractivity contribution in [3.8, 4) is 0 Å². The third-order valence-electron chi connectivity index (χ3n) is 2.08. The number of hydrogen-bond donors (Lipinski definition) is 0. The highest BCUT2D eigenvalue weighted by molar-refractivity contribution is 6.29. The molecule has 74 valence electrons. The lowest BCUT2D eigenvalue weighted by molar-refractivity contribution is 0.336. The van der Waals surface area contributed by atoms with E-state index in [0.717, 1.165) is 18.8 Å². The molecule has 5 heteroatoms. The molecule has 1 fully saturated rings. The van der Waals surface area contributed by atoms with Crippen LogP contribution in [0.3, 0.4) is 0 Å². The van der Waals surface area contributed by atoms with Crippen molar-refractivity contribution in [3.63, 3.8) is 0 Å². The van der Waals surface area contributed by atoms with Crippen LogP contribution in [0.4, 0.5) is 5.69 Å². The number of nitrogens with zero attached hydrogens (tertiary/aromatic N) is 4. The Labute approximate surface area is 87.6 Å². The van der Waals surface area contributed by atoms with Crippen LogP contribution in [0.15, 0.2) is 28.7 Å². The molecule has 0 saturated carbocycles. The van der Waals surface area contributed by atoms with E-state index in [9.17, 15) is 0 Å². The van der Waals surface area contributed by atoms with Gasteiger partial charge in [-0.25, -0.2) is 4.98 Å². The second-order valence-electron chi connectivity index (χ2n) is 3.19. The van der Waals surface area contributed by atoms with E-state index in [4.69, 9.17) is 11.6 Å². The summed E-state index contributed by atoms with van der Waals surface area (Å²) in [6.07, 6.45) is 4.03. The molecule has 0 unspecified atom stereocenters. The molecule has 0 radical (unpaired) electrons. The van der Waals surface area contributed by atoms with Gasteiger partial charge in [0.25, 0.3) is 0 Å².